The Balaban J connectivity index is 1.76. The second kappa shape index (κ2) is 6.74. The molecule has 3 rings (SSSR count). The van der Waals surface area contributed by atoms with Gasteiger partial charge in [0.2, 0.25) is 22.7 Å². The van der Waals surface area contributed by atoms with Crippen molar-refractivity contribution in [1.82, 2.24) is 14.5 Å². The van der Waals surface area contributed by atoms with Crippen LogP contribution in [0.25, 0.3) is 0 Å². The number of nitrogens with zero attached hydrogens (tertiary/aromatic N) is 2. The van der Waals surface area contributed by atoms with E-state index in [1.54, 1.807) is 20.9 Å². The first-order valence-corrected chi connectivity index (χ1v) is 9.61. The van der Waals surface area contributed by atoms with Crippen LogP contribution < -0.4 is 25.2 Å². The van der Waals surface area contributed by atoms with Crippen molar-refractivity contribution in [3.63, 3.8) is 0 Å². The van der Waals surface area contributed by atoms with E-state index in [2.05, 4.69) is 15.1 Å². The van der Waals surface area contributed by atoms with E-state index in [0.29, 0.717) is 28.6 Å². The first kappa shape index (κ1) is 19.0. The molecule has 2 heterocycles. The van der Waals surface area contributed by atoms with Gasteiger partial charge in [0.15, 0.2) is 11.5 Å². The van der Waals surface area contributed by atoms with Gasteiger partial charge in [-0.1, -0.05) is 0 Å². The first-order valence-electron chi connectivity index (χ1n) is 8.12. The molecule has 1 unspecified atom stereocenters. The average Bonchev–Trinajstić information content (AvgIpc) is 3.11. The van der Waals surface area contributed by atoms with Crippen LogP contribution in [0, 0.1) is 13.8 Å². The van der Waals surface area contributed by atoms with Gasteiger partial charge in [-0.2, -0.15) is 9.82 Å². The molecule has 11 heteroatoms. The summed E-state index contributed by atoms with van der Waals surface area (Å²) in [5.41, 5.74) is 7.33. The molecule has 146 valence electrons. The molecular weight excluding hydrogens is 374 g/mol. The van der Waals surface area contributed by atoms with Crippen LogP contribution in [0.3, 0.4) is 0 Å². The predicted molar refractivity (Wildman–Crippen MR) is 98.1 cm³/mol. The SMILES string of the molecule is Cc1nn(C)c(C)c1S(=O)(=O)NC(C)C(=O)Nc1cc2c(cc1N)OCO2. The van der Waals surface area contributed by atoms with Gasteiger partial charge >= 0.3 is 0 Å². The molecule has 1 atom stereocenters. The highest BCUT2D eigenvalue weighted by molar-refractivity contribution is 7.89. The van der Waals surface area contributed by atoms with E-state index in [9.17, 15) is 13.2 Å². The van der Waals surface area contributed by atoms with Crippen LogP contribution in [0.1, 0.15) is 18.3 Å². The Labute approximate surface area is 156 Å². The number of amides is 1. The van der Waals surface area contributed by atoms with Crippen molar-refractivity contribution < 1.29 is 22.7 Å². The van der Waals surface area contributed by atoms with Crippen LogP contribution in [0.2, 0.25) is 0 Å². The average molecular weight is 395 g/mol. The maximum atomic E-state index is 12.7. The molecule has 1 aliphatic heterocycles. The number of carbonyl (C=O) groups excluding carboxylic acids is 1. The Kier molecular flexibility index (Phi) is 4.74. The van der Waals surface area contributed by atoms with Gasteiger partial charge in [-0.3, -0.25) is 9.48 Å². The van der Waals surface area contributed by atoms with Crippen LogP contribution in [0.4, 0.5) is 11.4 Å². The summed E-state index contributed by atoms with van der Waals surface area (Å²) in [6, 6.07) is 2.03. The minimum atomic E-state index is -3.93. The number of aromatic nitrogens is 2. The number of fused-ring (bicyclic) bond motifs is 1. The van der Waals surface area contributed by atoms with Gasteiger partial charge in [0, 0.05) is 19.2 Å². The number of benzene rings is 1. The quantitative estimate of drug-likeness (QED) is 0.632. The van der Waals surface area contributed by atoms with Gasteiger partial charge in [-0.15, -0.1) is 0 Å². The number of ether oxygens (including phenoxy) is 2. The number of nitrogens with two attached hydrogens (primary N) is 1. The highest BCUT2D eigenvalue weighted by Gasteiger charge is 2.28. The third-order valence-corrected chi connectivity index (χ3v) is 6.03. The standard InChI is InChI=1S/C16H21N5O5S/c1-8-15(10(3)21(4)19-8)27(23,24)20-9(2)16(22)18-12-6-14-13(5-11(12)17)25-7-26-14/h5-6,9,20H,7,17H2,1-4H3,(H,18,22). The van der Waals surface area contributed by atoms with Crippen LogP contribution in [0.15, 0.2) is 17.0 Å². The summed E-state index contributed by atoms with van der Waals surface area (Å²) in [7, 11) is -2.27. The van der Waals surface area contributed by atoms with Crippen molar-refractivity contribution in [2.75, 3.05) is 17.8 Å². The Morgan fingerprint density at radius 3 is 2.52 bits per heavy atom. The third kappa shape index (κ3) is 3.55. The van der Waals surface area contributed by atoms with Crippen molar-refractivity contribution in [2.45, 2.75) is 31.7 Å². The third-order valence-electron chi connectivity index (χ3n) is 4.24. The molecule has 4 N–H and O–H groups in total. The first-order chi connectivity index (χ1) is 12.6. The van der Waals surface area contributed by atoms with Gasteiger partial charge in [-0.25, -0.2) is 8.42 Å². The largest absolute Gasteiger partial charge is 0.454 e. The van der Waals surface area contributed by atoms with E-state index in [-0.39, 0.29) is 17.4 Å². The molecule has 0 saturated carbocycles. The van der Waals surface area contributed by atoms with Gasteiger partial charge < -0.3 is 20.5 Å². The molecule has 0 radical (unpaired) electrons. The van der Waals surface area contributed by atoms with E-state index in [1.165, 1.54) is 23.7 Å². The number of hydrogen-bond donors (Lipinski definition) is 3. The maximum absolute atomic E-state index is 12.7. The number of aryl methyl sites for hydroxylation is 2. The van der Waals surface area contributed by atoms with Crippen molar-refractivity contribution in [3.8, 4) is 11.5 Å². The Hall–Kier alpha value is -2.79. The molecular formula is C16H21N5O5S. The summed E-state index contributed by atoms with van der Waals surface area (Å²) >= 11 is 0. The number of sulfonamides is 1. The summed E-state index contributed by atoms with van der Waals surface area (Å²) < 4.78 is 39.6. The molecule has 10 nitrogen and oxygen atoms in total. The maximum Gasteiger partial charge on any atom is 0.244 e. The fraction of sp³-hybridized carbons (Fsp3) is 0.375. The Morgan fingerprint density at radius 2 is 1.93 bits per heavy atom. The number of anilines is 2. The predicted octanol–water partition coefficient (Wildman–Crippen LogP) is 0.653. The fourth-order valence-electron chi connectivity index (χ4n) is 2.80. The minimum Gasteiger partial charge on any atom is -0.454 e. The van der Waals surface area contributed by atoms with Crippen molar-refractivity contribution in [3.05, 3.63) is 23.5 Å². The second-order valence-corrected chi connectivity index (χ2v) is 7.90. The van der Waals surface area contributed by atoms with Gasteiger partial charge in [0.25, 0.3) is 0 Å². The van der Waals surface area contributed by atoms with E-state index >= 15 is 0 Å². The molecule has 0 saturated heterocycles. The molecule has 0 aliphatic carbocycles. The van der Waals surface area contributed by atoms with Crippen molar-refractivity contribution in [2.24, 2.45) is 7.05 Å². The summed E-state index contributed by atoms with van der Waals surface area (Å²) in [4.78, 5) is 12.5. The molecule has 0 fully saturated rings. The van der Waals surface area contributed by atoms with Crippen molar-refractivity contribution in [1.29, 1.82) is 0 Å². The summed E-state index contributed by atoms with van der Waals surface area (Å²) in [5, 5.41) is 6.70. The van der Waals surface area contributed by atoms with Gasteiger partial charge in [0.1, 0.15) is 4.90 Å². The minimum absolute atomic E-state index is 0.0623. The number of rotatable bonds is 5. The van der Waals surface area contributed by atoms with E-state index in [0.717, 1.165) is 0 Å². The second-order valence-electron chi connectivity index (χ2n) is 6.25. The summed E-state index contributed by atoms with van der Waals surface area (Å²) in [5.74, 6) is 0.374. The molecule has 1 aromatic heterocycles. The number of nitrogen functional groups attached to an aromatic ring is 1. The lowest BCUT2D eigenvalue weighted by Crippen LogP contribution is -2.41. The molecule has 2 aromatic rings. The summed E-state index contributed by atoms with van der Waals surface area (Å²) in [6.45, 7) is 4.76. The van der Waals surface area contributed by atoms with E-state index in [4.69, 9.17) is 15.2 Å². The summed E-state index contributed by atoms with van der Waals surface area (Å²) in [6.07, 6.45) is 0. The molecule has 1 aliphatic rings. The normalized spacial score (nSPS) is 14.2. The van der Waals surface area contributed by atoms with Crippen molar-refractivity contribution >= 4 is 27.3 Å². The zero-order valence-electron chi connectivity index (χ0n) is 15.4. The molecule has 0 spiro atoms. The highest BCUT2D eigenvalue weighted by atomic mass is 32.2. The number of hydrogen-bond acceptors (Lipinski definition) is 7. The lowest BCUT2D eigenvalue weighted by molar-refractivity contribution is -0.117. The molecule has 0 bridgehead atoms. The number of nitrogens with one attached hydrogen (secondary N) is 2. The smallest absolute Gasteiger partial charge is 0.244 e. The lowest BCUT2D eigenvalue weighted by Gasteiger charge is -2.16. The molecule has 1 aromatic carbocycles. The van der Waals surface area contributed by atoms with Crippen LogP contribution in [-0.4, -0.2) is 36.9 Å². The van der Waals surface area contributed by atoms with Crippen LogP contribution >= 0.6 is 0 Å². The zero-order valence-corrected chi connectivity index (χ0v) is 16.2. The Morgan fingerprint density at radius 1 is 1.30 bits per heavy atom. The van der Waals surface area contributed by atoms with Gasteiger partial charge in [-0.05, 0) is 20.8 Å². The number of carbonyl (C=O) groups is 1. The highest BCUT2D eigenvalue weighted by Crippen LogP contribution is 2.38. The lowest BCUT2D eigenvalue weighted by atomic mass is 10.2. The van der Waals surface area contributed by atoms with Gasteiger partial charge in [0.05, 0.1) is 28.8 Å². The van der Waals surface area contributed by atoms with Crippen LogP contribution in [-0.2, 0) is 21.9 Å². The molecule has 27 heavy (non-hydrogen) atoms. The van der Waals surface area contributed by atoms with E-state index < -0.39 is 22.0 Å². The van der Waals surface area contributed by atoms with E-state index in [1.807, 2.05) is 0 Å². The molecule has 1 amide bonds. The zero-order chi connectivity index (χ0) is 19.9. The van der Waals surface area contributed by atoms with Crippen LogP contribution in [0.5, 0.6) is 11.5 Å². The topological polar surface area (TPSA) is 138 Å². The monoisotopic (exact) mass is 395 g/mol. The fourth-order valence-corrected chi connectivity index (χ4v) is 4.44. The Bertz CT molecular complexity index is 1010.